The first-order chi connectivity index (χ1) is 7.93. The van der Waals surface area contributed by atoms with Crippen LogP contribution in [0.5, 0.6) is 0 Å². The standard InChI is InChI=1S/C15H28N2/c1-12(2)9-15(3,4)11-17-14-7-5-13(10-16)6-8-14/h12-14,17H,5-9,11H2,1-4H3. The van der Waals surface area contributed by atoms with E-state index in [4.69, 9.17) is 5.26 Å². The molecule has 17 heavy (non-hydrogen) atoms. The SMILES string of the molecule is CC(C)CC(C)(C)CNC1CCC(C#N)CC1. The Morgan fingerprint density at radius 1 is 1.24 bits per heavy atom. The summed E-state index contributed by atoms with van der Waals surface area (Å²) < 4.78 is 0. The molecule has 1 fully saturated rings. The van der Waals surface area contributed by atoms with Crippen molar-refractivity contribution in [3.05, 3.63) is 0 Å². The Labute approximate surface area is 107 Å². The maximum atomic E-state index is 8.87. The summed E-state index contributed by atoms with van der Waals surface area (Å²) in [5.41, 5.74) is 0.389. The van der Waals surface area contributed by atoms with Crippen LogP contribution in [0, 0.1) is 28.6 Å². The monoisotopic (exact) mass is 236 g/mol. The van der Waals surface area contributed by atoms with Crippen LogP contribution in [0.15, 0.2) is 0 Å². The highest BCUT2D eigenvalue weighted by Gasteiger charge is 2.24. The van der Waals surface area contributed by atoms with Crippen LogP contribution in [-0.4, -0.2) is 12.6 Å². The van der Waals surface area contributed by atoms with Crippen molar-refractivity contribution in [1.82, 2.24) is 5.32 Å². The molecule has 0 amide bonds. The van der Waals surface area contributed by atoms with Crippen LogP contribution in [0.3, 0.4) is 0 Å². The highest BCUT2D eigenvalue weighted by atomic mass is 14.9. The van der Waals surface area contributed by atoms with Gasteiger partial charge in [0.25, 0.3) is 0 Å². The van der Waals surface area contributed by atoms with Gasteiger partial charge in [-0.25, -0.2) is 0 Å². The van der Waals surface area contributed by atoms with Gasteiger partial charge in [-0.3, -0.25) is 0 Å². The van der Waals surface area contributed by atoms with Crippen LogP contribution in [0.2, 0.25) is 0 Å². The molecule has 2 nitrogen and oxygen atoms in total. The average molecular weight is 236 g/mol. The fourth-order valence-electron chi connectivity index (χ4n) is 3.02. The van der Waals surface area contributed by atoms with Gasteiger partial charge in [0, 0.05) is 18.5 Å². The molecule has 0 bridgehead atoms. The van der Waals surface area contributed by atoms with E-state index < -0.39 is 0 Å². The fraction of sp³-hybridized carbons (Fsp3) is 0.933. The lowest BCUT2D eigenvalue weighted by Gasteiger charge is -2.32. The quantitative estimate of drug-likeness (QED) is 0.789. The van der Waals surface area contributed by atoms with E-state index in [0.717, 1.165) is 25.3 Å². The van der Waals surface area contributed by atoms with Crippen LogP contribution < -0.4 is 5.32 Å². The van der Waals surface area contributed by atoms with Crippen LogP contribution in [-0.2, 0) is 0 Å². The van der Waals surface area contributed by atoms with Crippen LogP contribution in [0.1, 0.15) is 59.8 Å². The predicted octanol–water partition coefficient (Wildman–Crippen LogP) is 3.73. The molecule has 1 rings (SSSR count). The highest BCUT2D eigenvalue weighted by Crippen LogP contribution is 2.27. The normalized spacial score (nSPS) is 25.9. The molecular formula is C15H28N2. The third kappa shape index (κ3) is 5.55. The summed E-state index contributed by atoms with van der Waals surface area (Å²) in [6.45, 7) is 10.4. The molecule has 1 saturated carbocycles. The van der Waals surface area contributed by atoms with E-state index in [-0.39, 0.29) is 0 Å². The van der Waals surface area contributed by atoms with Gasteiger partial charge in [-0.1, -0.05) is 27.7 Å². The van der Waals surface area contributed by atoms with Gasteiger partial charge in [-0.05, 0) is 43.4 Å². The Hall–Kier alpha value is -0.550. The number of hydrogen-bond acceptors (Lipinski definition) is 2. The molecule has 0 aromatic carbocycles. The first-order valence-electron chi connectivity index (χ1n) is 7.06. The van der Waals surface area contributed by atoms with Crippen LogP contribution in [0.4, 0.5) is 0 Å². The van der Waals surface area contributed by atoms with E-state index in [1.807, 2.05) is 0 Å². The first kappa shape index (κ1) is 14.5. The molecule has 0 radical (unpaired) electrons. The second-order valence-corrected chi connectivity index (χ2v) is 6.82. The summed E-state index contributed by atoms with van der Waals surface area (Å²) in [7, 11) is 0. The van der Waals surface area contributed by atoms with Gasteiger partial charge in [0.2, 0.25) is 0 Å². The zero-order chi connectivity index (χ0) is 12.9. The topological polar surface area (TPSA) is 35.8 Å². The van der Waals surface area contributed by atoms with Crippen LogP contribution in [0.25, 0.3) is 0 Å². The molecule has 1 aliphatic carbocycles. The minimum absolute atomic E-state index is 0.316. The van der Waals surface area contributed by atoms with Crippen molar-refractivity contribution in [2.24, 2.45) is 17.3 Å². The van der Waals surface area contributed by atoms with Crippen molar-refractivity contribution in [2.75, 3.05) is 6.54 Å². The van der Waals surface area contributed by atoms with Crippen molar-refractivity contribution in [2.45, 2.75) is 65.8 Å². The molecular weight excluding hydrogens is 208 g/mol. The molecule has 0 unspecified atom stereocenters. The van der Waals surface area contributed by atoms with E-state index in [0.29, 0.717) is 17.4 Å². The molecule has 0 aliphatic heterocycles. The van der Waals surface area contributed by atoms with E-state index in [2.05, 4.69) is 39.1 Å². The molecule has 0 spiro atoms. The van der Waals surface area contributed by atoms with Crippen molar-refractivity contribution >= 4 is 0 Å². The van der Waals surface area contributed by atoms with Gasteiger partial charge in [-0.15, -0.1) is 0 Å². The maximum Gasteiger partial charge on any atom is 0.0655 e. The smallest absolute Gasteiger partial charge is 0.0655 e. The number of nitrogens with zero attached hydrogens (tertiary/aromatic N) is 1. The number of hydrogen-bond donors (Lipinski definition) is 1. The first-order valence-corrected chi connectivity index (χ1v) is 7.06. The fourth-order valence-corrected chi connectivity index (χ4v) is 3.02. The van der Waals surface area contributed by atoms with Gasteiger partial charge in [-0.2, -0.15) is 5.26 Å². The van der Waals surface area contributed by atoms with Gasteiger partial charge in [0.15, 0.2) is 0 Å². The summed E-state index contributed by atoms with van der Waals surface area (Å²) in [5.74, 6) is 1.08. The predicted molar refractivity (Wildman–Crippen MR) is 72.6 cm³/mol. The number of nitriles is 1. The summed E-state index contributed by atoms with van der Waals surface area (Å²) in [6, 6.07) is 3.04. The third-order valence-corrected chi connectivity index (χ3v) is 3.74. The maximum absolute atomic E-state index is 8.87. The van der Waals surface area contributed by atoms with E-state index in [1.165, 1.54) is 19.3 Å². The Morgan fingerprint density at radius 2 is 1.82 bits per heavy atom. The molecule has 0 heterocycles. The second-order valence-electron chi connectivity index (χ2n) is 6.82. The lowest BCUT2D eigenvalue weighted by atomic mass is 9.82. The van der Waals surface area contributed by atoms with E-state index >= 15 is 0 Å². The molecule has 1 aliphatic rings. The number of rotatable bonds is 5. The minimum Gasteiger partial charge on any atom is -0.313 e. The summed E-state index contributed by atoms with van der Waals surface area (Å²) in [4.78, 5) is 0. The molecule has 0 atom stereocenters. The summed E-state index contributed by atoms with van der Waals surface area (Å²) >= 11 is 0. The van der Waals surface area contributed by atoms with E-state index in [9.17, 15) is 0 Å². The molecule has 1 N–H and O–H groups in total. The Morgan fingerprint density at radius 3 is 2.29 bits per heavy atom. The van der Waals surface area contributed by atoms with Gasteiger partial charge >= 0.3 is 0 Å². The third-order valence-electron chi connectivity index (χ3n) is 3.74. The Kier molecular flexibility index (Phi) is 5.46. The zero-order valence-electron chi connectivity index (χ0n) is 11.9. The van der Waals surface area contributed by atoms with Crippen molar-refractivity contribution in [1.29, 1.82) is 5.26 Å². The van der Waals surface area contributed by atoms with Gasteiger partial charge in [0.1, 0.15) is 0 Å². The van der Waals surface area contributed by atoms with Crippen LogP contribution >= 0.6 is 0 Å². The molecule has 0 saturated heterocycles. The molecule has 0 aromatic rings. The van der Waals surface area contributed by atoms with Gasteiger partial charge < -0.3 is 5.32 Å². The summed E-state index contributed by atoms with van der Waals surface area (Å²) in [6.07, 6.45) is 5.79. The van der Waals surface area contributed by atoms with Crippen molar-refractivity contribution in [3.63, 3.8) is 0 Å². The lowest BCUT2D eigenvalue weighted by molar-refractivity contribution is 0.239. The zero-order valence-corrected chi connectivity index (χ0v) is 11.9. The van der Waals surface area contributed by atoms with E-state index in [1.54, 1.807) is 0 Å². The summed E-state index contributed by atoms with van der Waals surface area (Å²) in [5, 5.41) is 12.6. The van der Waals surface area contributed by atoms with Crippen molar-refractivity contribution < 1.29 is 0 Å². The second kappa shape index (κ2) is 6.40. The molecule has 0 aromatic heterocycles. The number of nitrogens with one attached hydrogen (secondary N) is 1. The highest BCUT2D eigenvalue weighted by molar-refractivity contribution is 4.89. The van der Waals surface area contributed by atoms with Crippen molar-refractivity contribution in [3.8, 4) is 6.07 Å². The molecule has 98 valence electrons. The lowest BCUT2D eigenvalue weighted by Crippen LogP contribution is -2.39. The largest absolute Gasteiger partial charge is 0.313 e. The Balaban J connectivity index is 2.25. The molecule has 2 heteroatoms. The Bertz CT molecular complexity index is 255. The average Bonchev–Trinajstić information content (AvgIpc) is 2.25. The van der Waals surface area contributed by atoms with Gasteiger partial charge in [0.05, 0.1) is 6.07 Å². The minimum atomic E-state index is 0.316.